The Bertz CT molecular complexity index is 612. The minimum atomic E-state index is 0.559. The summed E-state index contributed by atoms with van der Waals surface area (Å²) in [6, 6.07) is 16.2. The third-order valence-corrected chi connectivity index (χ3v) is 3.25. The molecule has 0 amide bonds. The van der Waals surface area contributed by atoms with Crippen LogP contribution in [0.5, 0.6) is 5.75 Å². The van der Waals surface area contributed by atoms with Gasteiger partial charge in [-0.2, -0.15) is 5.26 Å². The van der Waals surface area contributed by atoms with Gasteiger partial charge >= 0.3 is 0 Å². The molecule has 102 valence electrons. The first-order valence-corrected chi connectivity index (χ1v) is 6.66. The number of hydrogen-bond donors (Lipinski definition) is 1. The maximum absolute atomic E-state index is 8.95. The van der Waals surface area contributed by atoms with Crippen molar-refractivity contribution < 1.29 is 4.74 Å². The zero-order chi connectivity index (χ0) is 14.4. The van der Waals surface area contributed by atoms with Crippen LogP contribution in [0, 0.1) is 11.3 Å². The molecule has 0 aliphatic carbocycles. The highest BCUT2D eigenvalue weighted by Crippen LogP contribution is 2.20. The number of aryl methyl sites for hydroxylation is 1. The van der Waals surface area contributed by atoms with E-state index < -0.39 is 0 Å². The Balaban J connectivity index is 2.05. The average molecular weight is 266 g/mol. The lowest BCUT2D eigenvalue weighted by molar-refractivity contribution is 0.413. The van der Waals surface area contributed by atoms with Crippen LogP contribution in [-0.4, -0.2) is 7.11 Å². The molecule has 20 heavy (non-hydrogen) atoms. The van der Waals surface area contributed by atoms with E-state index in [1.807, 2.05) is 12.1 Å². The van der Waals surface area contributed by atoms with Crippen LogP contribution in [-0.2, 0) is 13.0 Å². The Hall–Kier alpha value is -2.47. The summed E-state index contributed by atoms with van der Waals surface area (Å²) in [5.74, 6) is 0.619. The Morgan fingerprint density at radius 1 is 1.10 bits per heavy atom. The molecule has 0 aliphatic rings. The van der Waals surface area contributed by atoms with E-state index in [0.29, 0.717) is 17.9 Å². The highest BCUT2D eigenvalue weighted by atomic mass is 16.5. The largest absolute Gasteiger partial charge is 0.495 e. The summed E-state index contributed by atoms with van der Waals surface area (Å²) in [6.07, 6.45) is 1.05. The van der Waals surface area contributed by atoms with Crippen molar-refractivity contribution in [1.29, 1.82) is 5.26 Å². The van der Waals surface area contributed by atoms with Gasteiger partial charge < -0.3 is 10.1 Å². The second-order valence-corrected chi connectivity index (χ2v) is 4.55. The van der Waals surface area contributed by atoms with E-state index in [1.165, 1.54) is 5.56 Å². The van der Waals surface area contributed by atoms with Crippen molar-refractivity contribution in [2.24, 2.45) is 0 Å². The van der Waals surface area contributed by atoms with Gasteiger partial charge in [-0.1, -0.05) is 25.1 Å². The van der Waals surface area contributed by atoms with Gasteiger partial charge in [0.25, 0.3) is 0 Å². The molecule has 3 heteroatoms. The number of benzene rings is 2. The van der Waals surface area contributed by atoms with Gasteiger partial charge in [0.15, 0.2) is 0 Å². The highest BCUT2D eigenvalue weighted by Gasteiger charge is 2.03. The number of anilines is 1. The first-order valence-electron chi connectivity index (χ1n) is 6.66. The topological polar surface area (TPSA) is 45.0 Å². The van der Waals surface area contributed by atoms with Gasteiger partial charge in [0.1, 0.15) is 11.8 Å². The SMILES string of the molecule is CCc1ccc(NCc2ccc(C#N)c(OC)c2)cc1. The Kier molecular flexibility index (Phi) is 4.62. The summed E-state index contributed by atoms with van der Waals surface area (Å²) >= 11 is 0. The molecule has 0 fully saturated rings. The van der Waals surface area contributed by atoms with Crippen LogP contribution in [0.25, 0.3) is 0 Å². The van der Waals surface area contributed by atoms with Crippen molar-refractivity contribution in [2.75, 3.05) is 12.4 Å². The molecule has 1 N–H and O–H groups in total. The van der Waals surface area contributed by atoms with Gasteiger partial charge in [0.2, 0.25) is 0 Å². The predicted molar refractivity (Wildman–Crippen MR) is 80.9 cm³/mol. The number of methoxy groups -OCH3 is 1. The summed E-state index contributed by atoms with van der Waals surface area (Å²) in [4.78, 5) is 0. The number of nitrogens with zero attached hydrogens (tertiary/aromatic N) is 1. The normalized spacial score (nSPS) is 9.85. The Morgan fingerprint density at radius 3 is 2.40 bits per heavy atom. The molecule has 2 aromatic rings. The van der Waals surface area contributed by atoms with Gasteiger partial charge in [0.05, 0.1) is 12.7 Å². The van der Waals surface area contributed by atoms with Gasteiger partial charge in [0, 0.05) is 12.2 Å². The maximum Gasteiger partial charge on any atom is 0.136 e. The average Bonchev–Trinajstić information content (AvgIpc) is 2.53. The van der Waals surface area contributed by atoms with Crippen molar-refractivity contribution >= 4 is 5.69 Å². The molecule has 0 unspecified atom stereocenters. The molecule has 0 saturated carbocycles. The van der Waals surface area contributed by atoms with E-state index in [9.17, 15) is 0 Å². The van der Waals surface area contributed by atoms with E-state index in [4.69, 9.17) is 10.00 Å². The smallest absolute Gasteiger partial charge is 0.136 e. The van der Waals surface area contributed by atoms with Crippen LogP contribution < -0.4 is 10.1 Å². The zero-order valence-corrected chi connectivity index (χ0v) is 11.8. The molecule has 0 atom stereocenters. The van der Waals surface area contributed by atoms with Crippen LogP contribution in [0.1, 0.15) is 23.6 Å². The van der Waals surface area contributed by atoms with Gasteiger partial charge in [-0.05, 0) is 41.8 Å². The number of hydrogen-bond acceptors (Lipinski definition) is 3. The molecule has 0 spiro atoms. The van der Waals surface area contributed by atoms with E-state index >= 15 is 0 Å². The molecule has 3 nitrogen and oxygen atoms in total. The van der Waals surface area contributed by atoms with Crippen molar-refractivity contribution in [1.82, 2.24) is 0 Å². The third-order valence-electron chi connectivity index (χ3n) is 3.25. The van der Waals surface area contributed by atoms with Crippen LogP contribution in [0.4, 0.5) is 5.69 Å². The minimum absolute atomic E-state index is 0.559. The van der Waals surface area contributed by atoms with Gasteiger partial charge in [-0.25, -0.2) is 0 Å². The molecule has 0 saturated heterocycles. The van der Waals surface area contributed by atoms with Crippen molar-refractivity contribution in [3.63, 3.8) is 0 Å². The summed E-state index contributed by atoms with van der Waals surface area (Å²) < 4.78 is 5.21. The summed E-state index contributed by atoms with van der Waals surface area (Å²) in [7, 11) is 1.58. The third kappa shape index (κ3) is 3.30. The van der Waals surface area contributed by atoms with Crippen molar-refractivity contribution in [3.05, 3.63) is 59.2 Å². The minimum Gasteiger partial charge on any atom is -0.495 e. The fourth-order valence-corrected chi connectivity index (χ4v) is 2.00. The lowest BCUT2D eigenvalue weighted by Gasteiger charge is -2.09. The van der Waals surface area contributed by atoms with Crippen LogP contribution in [0.3, 0.4) is 0 Å². The first kappa shape index (κ1) is 14.0. The Morgan fingerprint density at radius 2 is 1.80 bits per heavy atom. The first-order chi connectivity index (χ1) is 9.76. The second kappa shape index (κ2) is 6.63. The fourth-order valence-electron chi connectivity index (χ4n) is 2.00. The molecule has 0 aliphatic heterocycles. The lowest BCUT2D eigenvalue weighted by atomic mass is 10.1. The highest BCUT2D eigenvalue weighted by molar-refractivity contribution is 5.48. The van der Waals surface area contributed by atoms with Gasteiger partial charge in [-0.15, -0.1) is 0 Å². The fraction of sp³-hybridized carbons (Fsp3) is 0.235. The lowest BCUT2D eigenvalue weighted by Crippen LogP contribution is -2.00. The summed E-state index contributed by atoms with van der Waals surface area (Å²) in [5, 5.41) is 12.3. The maximum atomic E-state index is 8.95. The molecule has 0 aromatic heterocycles. The number of nitrogens with one attached hydrogen (secondary N) is 1. The second-order valence-electron chi connectivity index (χ2n) is 4.55. The molecule has 0 heterocycles. The van der Waals surface area contributed by atoms with E-state index in [2.05, 4.69) is 42.6 Å². The monoisotopic (exact) mass is 266 g/mol. The van der Waals surface area contributed by atoms with Crippen LogP contribution >= 0.6 is 0 Å². The Labute approximate surface area is 119 Å². The number of rotatable bonds is 5. The number of nitriles is 1. The van der Waals surface area contributed by atoms with Crippen LogP contribution in [0.15, 0.2) is 42.5 Å². The molecule has 0 radical (unpaired) electrons. The molecular weight excluding hydrogens is 248 g/mol. The standard InChI is InChI=1S/C17H18N2O/c1-3-13-5-8-16(9-6-13)19-12-14-4-7-15(11-18)17(10-14)20-2/h4-10,19H,3,12H2,1-2H3. The van der Waals surface area contributed by atoms with Gasteiger partial charge in [-0.3, -0.25) is 0 Å². The van der Waals surface area contributed by atoms with E-state index in [0.717, 1.165) is 17.7 Å². The zero-order valence-electron chi connectivity index (χ0n) is 11.8. The van der Waals surface area contributed by atoms with E-state index in [-0.39, 0.29) is 0 Å². The van der Waals surface area contributed by atoms with Crippen molar-refractivity contribution in [2.45, 2.75) is 19.9 Å². The molecular formula is C17H18N2O. The summed E-state index contributed by atoms with van der Waals surface area (Å²) in [6.45, 7) is 2.85. The quantitative estimate of drug-likeness (QED) is 0.896. The summed E-state index contributed by atoms with van der Waals surface area (Å²) in [5.41, 5.74) is 4.06. The van der Waals surface area contributed by atoms with Crippen LogP contribution in [0.2, 0.25) is 0 Å². The molecule has 2 aromatic carbocycles. The van der Waals surface area contributed by atoms with Crippen molar-refractivity contribution in [3.8, 4) is 11.8 Å². The van der Waals surface area contributed by atoms with E-state index in [1.54, 1.807) is 13.2 Å². The molecule has 0 bridgehead atoms. The number of ether oxygens (including phenoxy) is 1. The molecule has 2 rings (SSSR count). The predicted octanol–water partition coefficient (Wildman–Crippen LogP) is 3.74.